The lowest BCUT2D eigenvalue weighted by Gasteiger charge is -2.30. The highest BCUT2D eigenvalue weighted by atomic mass is 16.5. The van der Waals surface area contributed by atoms with E-state index in [0.717, 1.165) is 24.3 Å². The molecular formula is C44H58N2O2+2. The summed E-state index contributed by atoms with van der Waals surface area (Å²) in [6, 6.07) is 21.0. The lowest BCUT2D eigenvalue weighted by atomic mass is 9.82. The van der Waals surface area contributed by atoms with E-state index in [9.17, 15) is 0 Å². The number of aryl methyl sites for hydroxylation is 2. The molecule has 0 radical (unpaired) electrons. The molecule has 4 atom stereocenters. The zero-order valence-corrected chi connectivity index (χ0v) is 30.1. The van der Waals surface area contributed by atoms with Gasteiger partial charge in [0.2, 0.25) is 0 Å². The third kappa shape index (κ3) is 7.28. The molecule has 0 amide bonds. The Hall–Kier alpha value is -3.40. The van der Waals surface area contributed by atoms with Gasteiger partial charge in [-0.3, -0.25) is 0 Å². The molecule has 4 heteroatoms. The first-order valence-electron chi connectivity index (χ1n) is 19.3. The Morgan fingerprint density at radius 1 is 0.562 bits per heavy atom. The van der Waals surface area contributed by atoms with E-state index in [2.05, 4.69) is 104 Å². The fraction of sp³-hybridized carbons (Fsp3) is 0.545. The van der Waals surface area contributed by atoms with Gasteiger partial charge < -0.3 is 9.47 Å². The molecule has 8 rings (SSSR count). The van der Waals surface area contributed by atoms with Crippen LogP contribution in [0.2, 0.25) is 0 Å². The van der Waals surface area contributed by atoms with Crippen LogP contribution < -0.4 is 9.47 Å². The van der Waals surface area contributed by atoms with E-state index in [-0.39, 0.29) is 0 Å². The Morgan fingerprint density at radius 3 is 1.69 bits per heavy atom. The Balaban J connectivity index is 0.000000152. The third-order valence-electron chi connectivity index (χ3n) is 12.0. The monoisotopic (exact) mass is 646 g/mol. The molecule has 2 heterocycles. The van der Waals surface area contributed by atoms with E-state index in [0.29, 0.717) is 24.7 Å². The first kappa shape index (κ1) is 33.1. The summed E-state index contributed by atoms with van der Waals surface area (Å²) in [5.41, 5.74) is 9.12. The fourth-order valence-electron chi connectivity index (χ4n) is 9.37. The fourth-order valence-corrected chi connectivity index (χ4v) is 9.37. The van der Waals surface area contributed by atoms with Crippen molar-refractivity contribution in [2.45, 2.75) is 129 Å². The zero-order chi connectivity index (χ0) is 33.0. The molecule has 3 aromatic rings. The van der Waals surface area contributed by atoms with Crippen LogP contribution in [0.3, 0.4) is 0 Å². The molecule has 48 heavy (non-hydrogen) atoms. The zero-order valence-electron chi connectivity index (χ0n) is 30.1. The molecule has 3 saturated carbocycles. The minimum atomic E-state index is 0.618. The molecule has 2 aliphatic heterocycles. The number of hydrogen-bond acceptors (Lipinski definition) is 2. The second kappa shape index (κ2) is 15.0. The Labute approximate surface area is 289 Å². The molecule has 254 valence electrons. The number of benzene rings is 3. The van der Waals surface area contributed by atoms with Crippen molar-refractivity contribution in [2.75, 3.05) is 13.5 Å². The maximum absolute atomic E-state index is 6.37. The van der Waals surface area contributed by atoms with Gasteiger partial charge in [-0.05, 0) is 98.7 Å². The third-order valence-corrected chi connectivity index (χ3v) is 12.0. The minimum Gasteiger partial charge on any atom is -0.435 e. The molecule has 3 aliphatic carbocycles. The molecular weight excluding hydrogens is 588 g/mol. The van der Waals surface area contributed by atoms with E-state index in [1.165, 1.54) is 128 Å². The van der Waals surface area contributed by atoms with Crippen molar-refractivity contribution in [3.63, 3.8) is 0 Å². The molecule has 3 fully saturated rings. The summed E-state index contributed by atoms with van der Waals surface area (Å²) in [7, 11) is 0. The highest BCUT2D eigenvalue weighted by Crippen LogP contribution is 2.41. The van der Waals surface area contributed by atoms with Crippen LogP contribution in [0.25, 0.3) is 11.1 Å². The van der Waals surface area contributed by atoms with Gasteiger partial charge in [-0.2, -0.15) is 9.15 Å². The topological polar surface area (TPSA) is 24.5 Å². The van der Waals surface area contributed by atoms with Crippen LogP contribution in [0.1, 0.15) is 131 Å². The molecule has 0 bridgehead atoms. The van der Waals surface area contributed by atoms with E-state index in [4.69, 9.17) is 9.47 Å². The largest absolute Gasteiger partial charge is 0.435 e. The van der Waals surface area contributed by atoms with Crippen molar-refractivity contribution < 1.29 is 18.6 Å². The summed E-state index contributed by atoms with van der Waals surface area (Å²) in [5, 5.41) is 0. The van der Waals surface area contributed by atoms with Gasteiger partial charge in [0.15, 0.2) is 24.5 Å². The molecule has 4 unspecified atom stereocenters. The predicted octanol–water partition coefficient (Wildman–Crippen LogP) is 10.4. The van der Waals surface area contributed by atoms with Gasteiger partial charge >= 0.3 is 0 Å². The van der Waals surface area contributed by atoms with E-state index >= 15 is 0 Å². The first-order chi connectivity index (χ1) is 23.4. The molecule has 0 N–H and O–H groups in total. The molecule has 5 aliphatic rings. The second-order valence-corrected chi connectivity index (χ2v) is 15.7. The molecule has 4 nitrogen and oxygen atoms in total. The SMILES string of the molecule is Cc1cc2c(c(-c3ccccc3)c1)OC[N+](C1CCCCC1C)=C2.Cc1cc2c(c(C3CCCCC3)c1)OC[N+](C1CCCCC1C)=C2. The normalized spacial score (nSPS) is 25.6. The van der Waals surface area contributed by atoms with Crippen molar-refractivity contribution in [1.82, 2.24) is 0 Å². The van der Waals surface area contributed by atoms with Crippen LogP contribution in [-0.4, -0.2) is 47.1 Å². The van der Waals surface area contributed by atoms with Crippen molar-refractivity contribution in [3.05, 3.63) is 82.4 Å². The van der Waals surface area contributed by atoms with E-state index in [1.807, 2.05) is 0 Å². The lowest BCUT2D eigenvalue weighted by molar-refractivity contribution is -0.601. The van der Waals surface area contributed by atoms with Gasteiger partial charge in [0.25, 0.3) is 13.5 Å². The lowest BCUT2D eigenvalue weighted by Crippen LogP contribution is -2.39. The summed E-state index contributed by atoms with van der Waals surface area (Å²) in [6.07, 6.45) is 22.4. The Morgan fingerprint density at radius 2 is 1.08 bits per heavy atom. The average molecular weight is 647 g/mol. The maximum Gasteiger partial charge on any atom is 0.287 e. The Bertz CT molecular complexity index is 1630. The number of fused-ring (bicyclic) bond motifs is 2. The van der Waals surface area contributed by atoms with Crippen molar-refractivity contribution in [2.24, 2.45) is 11.8 Å². The number of rotatable bonds is 4. The van der Waals surface area contributed by atoms with E-state index < -0.39 is 0 Å². The van der Waals surface area contributed by atoms with Gasteiger partial charge in [-0.1, -0.05) is 82.3 Å². The maximum atomic E-state index is 6.37. The molecule has 0 spiro atoms. The van der Waals surface area contributed by atoms with Crippen molar-refractivity contribution in [3.8, 4) is 22.6 Å². The van der Waals surface area contributed by atoms with Gasteiger partial charge in [-0.15, -0.1) is 0 Å². The summed E-state index contributed by atoms with van der Waals surface area (Å²) < 4.78 is 17.6. The summed E-state index contributed by atoms with van der Waals surface area (Å²) in [6.45, 7) is 10.6. The van der Waals surface area contributed by atoms with Crippen LogP contribution in [0.15, 0.2) is 54.6 Å². The van der Waals surface area contributed by atoms with Crippen LogP contribution >= 0.6 is 0 Å². The summed E-state index contributed by atoms with van der Waals surface area (Å²) in [5.74, 6) is 4.46. The van der Waals surface area contributed by atoms with Gasteiger partial charge in [0.1, 0.15) is 11.5 Å². The first-order valence-corrected chi connectivity index (χ1v) is 19.3. The number of hydrogen-bond donors (Lipinski definition) is 0. The Kier molecular flexibility index (Phi) is 10.4. The van der Waals surface area contributed by atoms with E-state index in [1.54, 1.807) is 0 Å². The van der Waals surface area contributed by atoms with Gasteiger partial charge in [0, 0.05) is 30.2 Å². The van der Waals surface area contributed by atoms with Crippen LogP contribution in [0, 0.1) is 25.7 Å². The molecule has 0 aromatic heterocycles. The standard InChI is InChI=1S/C22H32NO.C22H26NO/c2*1-16-12-19-14-23(21-11-7-6-8-17(21)2)15-24-22(19)20(13-16)18-9-4-3-5-10-18/h12-14,17-18,21H,3-11,15H2,1-2H3;3-5,9-10,12-14,17,21H,6-8,11,15H2,1-2H3/q2*+1. The van der Waals surface area contributed by atoms with Crippen LogP contribution in [0.4, 0.5) is 0 Å². The van der Waals surface area contributed by atoms with Crippen molar-refractivity contribution in [1.29, 1.82) is 0 Å². The molecule has 3 aromatic carbocycles. The second-order valence-electron chi connectivity index (χ2n) is 15.7. The minimum absolute atomic E-state index is 0.618. The highest BCUT2D eigenvalue weighted by Gasteiger charge is 2.35. The summed E-state index contributed by atoms with van der Waals surface area (Å²) >= 11 is 0. The quantitative estimate of drug-likeness (QED) is 0.264. The van der Waals surface area contributed by atoms with Crippen LogP contribution in [-0.2, 0) is 0 Å². The smallest absolute Gasteiger partial charge is 0.287 e. The number of nitrogens with zero attached hydrogens (tertiary/aromatic N) is 2. The number of ether oxygens (including phenoxy) is 2. The van der Waals surface area contributed by atoms with Gasteiger partial charge in [0.05, 0.1) is 11.1 Å². The summed E-state index contributed by atoms with van der Waals surface area (Å²) in [4.78, 5) is 0. The van der Waals surface area contributed by atoms with Crippen molar-refractivity contribution >= 4 is 12.4 Å². The van der Waals surface area contributed by atoms with Crippen LogP contribution in [0.5, 0.6) is 11.5 Å². The predicted molar refractivity (Wildman–Crippen MR) is 198 cm³/mol. The molecule has 0 saturated heterocycles. The van der Waals surface area contributed by atoms with Gasteiger partial charge in [-0.25, -0.2) is 0 Å². The highest BCUT2D eigenvalue weighted by molar-refractivity contribution is 5.88. The average Bonchev–Trinajstić information content (AvgIpc) is 3.12.